The molecule has 0 radical (unpaired) electrons. The van der Waals surface area contributed by atoms with Gasteiger partial charge >= 0.3 is 0 Å². The van der Waals surface area contributed by atoms with Crippen LogP contribution in [-0.2, 0) is 0 Å². The minimum Gasteiger partial charge on any atom is -0.493 e. The van der Waals surface area contributed by atoms with E-state index in [2.05, 4.69) is 55.6 Å². The number of benzene rings is 2. The Morgan fingerprint density at radius 3 is 2.18 bits per heavy atom. The number of rotatable bonds is 7. The number of nitrogens with one attached hydrogen (secondary N) is 1. The molecule has 0 aromatic heterocycles. The summed E-state index contributed by atoms with van der Waals surface area (Å²) < 4.78 is 10.7. The second-order valence-electron chi connectivity index (χ2n) is 5.56. The normalized spacial score (nSPS) is 13.5. The van der Waals surface area contributed by atoms with Crippen LogP contribution in [0.5, 0.6) is 11.5 Å². The zero-order chi connectivity index (χ0) is 15.9. The van der Waals surface area contributed by atoms with E-state index in [-0.39, 0.29) is 0 Å². The van der Waals surface area contributed by atoms with Crippen molar-refractivity contribution in [1.29, 1.82) is 0 Å². The van der Waals surface area contributed by atoms with Crippen LogP contribution >= 0.6 is 0 Å². The van der Waals surface area contributed by atoms with Crippen molar-refractivity contribution in [3.05, 3.63) is 59.7 Å². The Hall–Kier alpha value is -2.00. The Labute approximate surface area is 133 Å². The lowest BCUT2D eigenvalue weighted by Crippen LogP contribution is -2.23. The van der Waals surface area contributed by atoms with E-state index in [1.165, 1.54) is 11.1 Å². The van der Waals surface area contributed by atoms with Crippen LogP contribution in [0.2, 0.25) is 0 Å². The molecule has 0 fully saturated rings. The first-order chi connectivity index (χ1) is 10.7. The molecular formula is C19H25NO2. The second kappa shape index (κ2) is 7.85. The van der Waals surface area contributed by atoms with Gasteiger partial charge in [-0.1, -0.05) is 43.3 Å². The van der Waals surface area contributed by atoms with Crippen LogP contribution in [0.15, 0.2) is 48.5 Å². The predicted octanol–water partition coefficient (Wildman–Crippen LogP) is 4.16. The van der Waals surface area contributed by atoms with Crippen LogP contribution in [0.1, 0.15) is 36.9 Å². The lowest BCUT2D eigenvalue weighted by Gasteiger charge is -2.19. The smallest absolute Gasteiger partial charge is 0.160 e. The molecule has 0 heterocycles. The van der Waals surface area contributed by atoms with Crippen molar-refractivity contribution in [2.24, 2.45) is 0 Å². The standard InChI is InChI=1S/C19H25NO2/c1-14(13-20-15(2)16-8-6-5-7-9-16)17-10-11-18(21-3)19(12-17)22-4/h5-12,14-15,20H,13H2,1-4H3. The fourth-order valence-electron chi connectivity index (χ4n) is 2.49. The maximum absolute atomic E-state index is 5.38. The summed E-state index contributed by atoms with van der Waals surface area (Å²) in [5.41, 5.74) is 2.55. The van der Waals surface area contributed by atoms with E-state index in [1.54, 1.807) is 14.2 Å². The van der Waals surface area contributed by atoms with Gasteiger partial charge < -0.3 is 14.8 Å². The van der Waals surface area contributed by atoms with E-state index in [1.807, 2.05) is 12.1 Å². The quantitative estimate of drug-likeness (QED) is 0.833. The molecule has 2 unspecified atom stereocenters. The van der Waals surface area contributed by atoms with Crippen molar-refractivity contribution in [3.63, 3.8) is 0 Å². The van der Waals surface area contributed by atoms with Gasteiger partial charge in [0, 0.05) is 12.6 Å². The van der Waals surface area contributed by atoms with Gasteiger partial charge in [-0.2, -0.15) is 0 Å². The Morgan fingerprint density at radius 1 is 0.864 bits per heavy atom. The lowest BCUT2D eigenvalue weighted by atomic mass is 9.99. The Balaban J connectivity index is 1.99. The van der Waals surface area contributed by atoms with Gasteiger partial charge in [-0.25, -0.2) is 0 Å². The zero-order valence-electron chi connectivity index (χ0n) is 13.8. The van der Waals surface area contributed by atoms with Crippen molar-refractivity contribution in [2.45, 2.75) is 25.8 Å². The summed E-state index contributed by atoms with van der Waals surface area (Å²) in [6, 6.07) is 16.9. The predicted molar refractivity (Wildman–Crippen MR) is 90.8 cm³/mol. The highest BCUT2D eigenvalue weighted by molar-refractivity contribution is 5.43. The monoisotopic (exact) mass is 299 g/mol. The topological polar surface area (TPSA) is 30.5 Å². The summed E-state index contributed by atoms with van der Waals surface area (Å²) in [7, 11) is 3.33. The van der Waals surface area contributed by atoms with Gasteiger partial charge in [-0.3, -0.25) is 0 Å². The third kappa shape index (κ3) is 4.01. The van der Waals surface area contributed by atoms with Crippen molar-refractivity contribution in [1.82, 2.24) is 5.32 Å². The van der Waals surface area contributed by atoms with Gasteiger partial charge in [-0.05, 0) is 36.1 Å². The van der Waals surface area contributed by atoms with E-state index in [0.29, 0.717) is 12.0 Å². The van der Waals surface area contributed by atoms with Gasteiger partial charge in [0.05, 0.1) is 14.2 Å². The SMILES string of the molecule is COc1ccc(C(C)CNC(C)c2ccccc2)cc1OC. The second-order valence-corrected chi connectivity index (χ2v) is 5.56. The molecule has 0 saturated heterocycles. The minimum atomic E-state index is 0.337. The van der Waals surface area contributed by atoms with Gasteiger partial charge in [0.2, 0.25) is 0 Å². The molecule has 3 nitrogen and oxygen atoms in total. The molecule has 0 aliphatic rings. The molecule has 1 N–H and O–H groups in total. The maximum atomic E-state index is 5.38. The van der Waals surface area contributed by atoms with Crippen LogP contribution in [-0.4, -0.2) is 20.8 Å². The first kappa shape index (κ1) is 16.4. The van der Waals surface area contributed by atoms with E-state index in [9.17, 15) is 0 Å². The molecule has 0 bridgehead atoms. The Morgan fingerprint density at radius 2 is 1.55 bits per heavy atom. The van der Waals surface area contributed by atoms with E-state index in [0.717, 1.165) is 18.0 Å². The zero-order valence-corrected chi connectivity index (χ0v) is 13.8. The summed E-state index contributed by atoms with van der Waals surface area (Å²) in [5, 5.41) is 3.59. The Kier molecular flexibility index (Phi) is 5.84. The molecule has 0 spiro atoms. The number of hydrogen-bond donors (Lipinski definition) is 1. The minimum absolute atomic E-state index is 0.337. The molecule has 3 heteroatoms. The van der Waals surface area contributed by atoms with Crippen molar-refractivity contribution < 1.29 is 9.47 Å². The average Bonchev–Trinajstić information content (AvgIpc) is 2.59. The summed E-state index contributed by atoms with van der Waals surface area (Å²) >= 11 is 0. The molecule has 2 aromatic carbocycles. The molecule has 2 rings (SSSR count). The highest BCUT2D eigenvalue weighted by Gasteiger charge is 2.12. The van der Waals surface area contributed by atoms with Gasteiger partial charge in [0.1, 0.15) is 0 Å². The van der Waals surface area contributed by atoms with E-state index in [4.69, 9.17) is 9.47 Å². The van der Waals surface area contributed by atoms with Crippen molar-refractivity contribution in [2.75, 3.05) is 20.8 Å². The summed E-state index contributed by atoms with van der Waals surface area (Å²) in [5.74, 6) is 1.94. The molecule has 0 aliphatic heterocycles. The lowest BCUT2D eigenvalue weighted by molar-refractivity contribution is 0.354. The molecule has 0 amide bonds. The molecule has 2 atom stereocenters. The fourth-order valence-corrected chi connectivity index (χ4v) is 2.49. The highest BCUT2D eigenvalue weighted by Crippen LogP contribution is 2.30. The van der Waals surface area contributed by atoms with Crippen LogP contribution in [0.4, 0.5) is 0 Å². The summed E-state index contributed by atoms with van der Waals surface area (Å²) in [6.45, 7) is 5.31. The van der Waals surface area contributed by atoms with Gasteiger partial charge in [0.15, 0.2) is 11.5 Å². The molecule has 2 aromatic rings. The van der Waals surface area contributed by atoms with Crippen LogP contribution in [0, 0.1) is 0 Å². The third-order valence-corrected chi connectivity index (χ3v) is 4.01. The average molecular weight is 299 g/mol. The number of hydrogen-bond acceptors (Lipinski definition) is 3. The molecular weight excluding hydrogens is 274 g/mol. The van der Waals surface area contributed by atoms with Crippen LogP contribution < -0.4 is 14.8 Å². The Bertz CT molecular complexity index is 583. The first-order valence-electron chi connectivity index (χ1n) is 7.66. The summed E-state index contributed by atoms with van der Waals surface area (Å²) in [6.07, 6.45) is 0. The van der Waals surface area contributed by atoms with E-state index < -0.39 is 0 Å². The third-order valence-electron chi connectivity index (χ3n) is 4.01. The molecule has 0 saturated carbocycles. The molecule has 0 aliphatic carbocycles. The highest BCUT2D eigenvalue weighted by atomic mass is 16.5. The number of methoxy groups -OCH3 is 2. The van der Waals surface area contributed by atoms with Gasteiger partial charge in [0.25, 0.3) is 0 Å². The number of ether oxygens (including phenoxy) is 2. The van der Waals surface area contributed by atoms with E-state index >= 15 is 0 Å². The summed E-state index contributed by atoms with van der Waals surface area (Å²) in [4.78, 5) is 0. The largest absolute Gasteiger partial charge is 0.493 e. The molecule has 118 valence electrons. The van der Waals surface area contributed by atoms with Crippen molar-refractivity contribution in [3.8, 4) is 11.5 Å². The van der Waals surface area contributed by atoms with Gasteiger partial charge in [-0.15, -0.1) is 0 Å². The van der Waals surface area contributed by atoms with Crippen LogP contribution in [0.3, 0.4) is 0 Å². The fraction of sp³-hybridized carbons (Fsp3) is 0.368. The maximum Gasteiger partial charge on any atom is 0.160 e. The van der Waals surface area contributed by atoms with Crippen LogP contribution in [0.25, 0.3) is 0 Å². The first-order valence-corrected chi connectivity index (χ1v) is 7.66. The molecule has 22 heavy (non-hydrogen) atoms. The van der Waals surface area contributed by atoms with Crippen molar-refractivity contribution >= 4 is 0 Å².